The summed E-state index contributed by atoms with van der Waals surface area (Å²) in [7, 11) is 0. The lowest BCUT2D eigenvalue weighted by Gasteiger charge is -2.07. The molecule has 0 radical (unpaired) electrons. The summed E-state index contributed by atoms with van der Waals surface area (Å²) in [4.78, 5) is 12.0. The van der Waals surface area contributed by atoms with E-state index in [0.29, 0.717) is 28.6 Å². The van der Waals surface area contributed by atoms with Crippen LogP contribution in [0, 0.1) is 13.8 Å². The van der Waals surface area contributed by atoms with Gasteiger partial charge in [0.05, 0.1) is 16.3 Å². The van der Waals surface area contributed by atoms with Crippen molar-refractivity contribution in [2.45, 2.75) is 20.3 Å². The molecule has 0 saturated carbocycles. The van der Waals surface area contributed by atoms with Crippen molar-refractivity contribution in [1.82, 2.24) is 10.5 Å². The fourth-order valence-electron chi connectivity index (χ4n) is 1.93. The Morgan fingerprint density at radius 3 is 2.70 bits per heavy atom. The van der Waals surface area contributed by atoms with E-state index in [1.165, 1.54) is 0 Å². The molecule has 1 aromatic carbocycles. The van der Waals surface area contributed by atoms with E-state index in [0.717, 1.165) is 17.0 Å². The highest BCUT2D eigenvalue weighted by Gasteiger charge is 2.12. The SMILES string of the molecule is Cc1noc(C)c1CCNC(=O)c1ccc(Cl)cc1Cl. The van der Waals surface area contributed by atoms with E-state index in [2.05, 4.69) is 10.5 Å². The molecule has 0 unspecified atom stereocenters. The summed E-state index contributed by atoms with van der Waals surface area (Å²) in [6, 6.07) is 4.79. The Morgan fingerprint density at radius 1 is 1.35 bits per heavy atom. The predicted octanol–water partition coefficient (Wildman–Crippen LogP) is 3.57. The lowest BCUT2D eigenvalue weighted by atomic mass is 10.1. The molecule has 1 amide bonds. The number of nitrogens with one attached hydrogen (secondary N) is 1. The number of aryl methyl sites for hydroxylation is 2. The van der Waals surface area contributed by atoms with Gasteiger partial charge < -0.3 is 9.84 Å². The normalized spacial score (nSPS) is 10.6. The third kappa shape index (κ3) is 3.32. The maximum atomic E-state index is 12.0. The summed E-state index contributed by atoms with van der Waals surface area (Å²) in [5, 5.41) is 7.53. The van der Waals surface area contributed by atoms with Crippen LogP contribution in [0.1, 0.15) is 27.4 Å². The standard InChI is InChI=1S/C14H14Cl2N2O2/c1-8-11(9(2)20-18-8)5-6-17-14(19)12-4-3-10(15)7-13(12)16/h3-4,7H,5-6H2,1-2H3,(H,17,19). The number of hydrogen-bond acceptors (Lipinski definition) is 3. The number of benzene rings is 1. The van der Waals surface area contributed by atoms with E-state index in [9.17, 15) is 4.79 Å². The molecule has 1 N–H and O–H groups in total. The van der Waals surface area contributed by atoms with Crippen LogP contribution in [0.5, 0.6) is 0 Å². The van der Waals surface area contributed by atoms with Gasteiger partial charge in [0, 0.05) is 17.1 Å². The quantitative estimate of drug-likeness (QED) is 0.939. The number of hydrogen-bond donors (Lipinski definition) is 1. The van der Waals surface area contributed by atoms with E-state index in [4.69, 9.17) is 27.7 Å². The zero-order chi connectivity index (χ0) is 14.7. The first-order valence-electron chi connectivity index (χ1n) is 6.14. The highest BCUT2D eigenvalue weighted by Crippen LogP contribution is 2.20. The van der Waals surface area contributed by atoms with Crippen molar-refractivity contribution in [3.8, 4) is 0 Å². The monoisotopic (exact) mass is 312 g/mol. The molecular weight excluding hydrogens is 299 g/mol. The van der Waals surface area contributed by atoms with Gasteiger partial charge in [-0.2, -0.15) is 0 Å². The molecule has 20 heavy (non-hydrogen) atoms. The Balaban J connectivity index is 1.96. The van der Waals surface area contributed by atoms with E-state index in [1.807, 2.05) is 13.8 Å². The number of carbonyl (C=O) groups is 1. The summed E-state index contributed by atoms with van der Waals surface area (Å²) in [6.07, 6.45) is 0.665. The lowest BCUT2D eigenvalue weighted by Crippen LogP contribution is -2.26. The van der Waals surface area contributed by atoms with Crippen molar-refractivity contribution in [1.29, 1.82) is 0 Å². The second kappa shape index (κ2) is 6.29. The molecule has 0 bridgehead atoms. The molecule has 0 aliphatic heterocycles. The van der Waals surface area contributed by atoms with Gasteiger partial charge in [0.2, 0.25) is 0 Å². The zero-order valence-corrected chi connectivity index (χ0v) is 12.7. The molecule has 0 aliphatic carbocycles. The first kappa shape index (κ1) is 14.9. The minimum absolute atomic E-state index is 0.224. The first-order chi connectivity index (χ1) is 9.49. The molecule has 4 nitrogen and oxygen atoms in total. The first-order valence-corrected chi connectivity index (χ1v) is 6.89. The van der Waals surface area contributed by atoms with Gasteiger partial charge in [0.15, 0.2) is 0 Å². The number of halogens is 2. The number of amides is 1. The van der Waals surface area contributed by atoms with Gasteiger partial charge in [0.1, 0.15) is 5.76 Å². The maximum absolute atomic E-state index is 12.0. The smallest absolute Gasteiger partial charge is 0.252 e. The molecule has 0 atom stereocenters. The molecule has 0 aliphatic rings. The van der Waals surface area contributed by atoms with Crippen LogP contribution in [0.3, 0.4) is 0 Å². The van der Waals surface area contributed by atoms with Crippen LogP contribution >= 0.6 is 23.2 Å². The highest BCUT2D eigenvalue weighted by atomic mass is 35.5. The molecule has 1 heterocycles. The predicted molar refractivity (Wildman–Crippen MR) is 78.5 cm³/mol. The van der Waals surface area contributed by atoms with Gasteiger partial charge >= 0.3 is 0 Å². The number of rotatable bonds is 4. The largest absolute Gasteiger partial charge is 0.361 e. The summed E-state index contributed by atoms with van der Waals surface area (Å²) in [5.41, 5.74) is 2.28. The van der Waals surface area contributed by atoms with Crippen LogP contribution in [-0.4, -0.2) is 17.6 Å². The van der Waals surface area contributed by atoms with Gasteiger partial charge in [-0.05, 0) is 38.5 Å². The second-order valence-corrected chi connectivity index (χ2v) is 5.28. The van der Waals surface area contributed by atoms with Crippen molar-refractivity contribution in [3.05, 3.63) is 50.8 Å². The average Bonchev–Trinajstić information content (AvgIpc) is 2.70. The molecule has 0 spiro atoms. The number of nitrogens with zero attached hydrogens (tertiary/aromatic N) is 1. The molecule has 106 valence electrons. The van der Waals surface area contributed by atoms with Gasteiger partial charge in [0.25, 0.3) is 5.91 Å². The minimum Gasteiger partial charge on any atom is -0.361 e. The average molecular weight is 313 g/mol. The Labute approximate surface area is 127 Å². The van der Waals surface area contributed by atoms with Gasteiger partial charge in [-0.3, -0.25) is 4.79 Å². The highest BCUT2D eigenvalue weighted by molar-refractivity contribution is 6.36. The van der Waals surface area contributed by atoms with Crippen LogP contribution in [0.4, 0.5) is 0 Å². The third-order valence-corrected chi connectivity index (χ3v) is 3.57. The Bertz CT molecular complexity index is 619. The summed E-state index contributed by atoms with van der Waals surface area (Å²) < 4.78 is 5.07. The second-order valence-electron chi connectivity index (χ2n) is 4.43. The minimum atomic E-state index is -0.224. The number of aromatic nitrogens is 1. The van der Waals surface area contributed by atoms with Crippen molar-refractivity contribution in [3.63, 3.8) is 0 Å². The van der Waals surface area contributed by atoms with Gasteiger partial charge in [-0.25, -0.2) is 0 Å². The third-order valence-electron chi connectivity index (χ3n) is 3.02. The molecule has 0 fully saturated rings. The summed E-state index contributed by atoms with van der Waals surface area (Å²) in [6.45, 7) is 4.22. The fourth-order valence-corrected chi connectivity index (χ4v) is 2.42. The van der Waals surface area contributed by atoms with Gasteiger partial charge in [-0.1, -0.05) is 28.4 Å². The molecule has 2 rings (SSSR count). The summed E-state index contributed by atoms with van der Waals surface area (Å²) >= 11 is 11.8. The van der Waals surface area contributed by atoms with E-state index in [-0.39, 0.29) is 5.91 Å². The van der Waals surface area contributed by atoms with Crippen molar-refractivity contribution in [2.24, 2.45) is 0 Å². The molecular formula is C14H14Cl2N2O2. The van der Waals surface area contributed by atoms with E-state index >= 15 is 0 Å². The van der Waals surface area contributed by atoms with Crippen LogP contribution in [-0.2, 0) is 6.42 Å². The van der Waals surface area contributed by atoms with Gasteiger partial charge in [-0.15, -0.1) is 0 Å². The molecule has 2 aromatic rings. The van der Waals surface area contributed by atoms with Crippen LogP contribution < -0.4 is 5.32 Å². The van der Waals surface area contributed by atoms with Crippen molar-refractivity contribution in [2.75, 3.05) is 6.54 Å². The molecule has 0 saturated heterocycles. The lowest BCUT2D eigenvalue weighted by molar-refractivity contribution is 0.0954. The Kier molecular flexibility index (Phi) is 4.68. The Morgan fingerprint density at radius 2 is 2.10 bits per heavy atom. The van der Waals surface area contributed by atoms with Crippen molar-refractivity contribution >= 4 is 29.1 Å². The van der Waals surface area contributed by atoms with E-state index < -0.39 is 0 Å². The Hall–Kier alpha value is -1.52. The van der Waals surface area contributed by atoms with Crippen LogP contribution in [0.25, 0.3) is 0 Å². The number of carbonyl (C=O) groups excluding carboxylic acids is 1. The van der Waals surface area contributed by atoms with Crippen LogP contribution in [0.15, 0.2) is 22.7 Å². The molecule has 1 aromatic heterocycles. The fraction of sp³-hybridized carbons (Fsp3) is 0.286. The van der Waals surface area contributed by atoms with E-state index in [1.54, 1.807) is 18.2 Å². The zero-order valence-electron chi connectivity index (χ0n) is 11.2. The summed E-state index contributed by atoms with van der Waals surface area (Å²) in [5.74, 6) is 0.555. The molecule has 6 heteroatoms. The van der Waals surface area contributed by atoms with Crippen molar-refractivity contribution < 1.29 is 9.32 Å². The topological polar surface area (TPSA) is 55.1 Å². The van der Waals surface area contributed by atoms with Crippen LogP contribution in [0.2, 0.25) is 10.0 Å². The maximum Gasteiger partial charge on any atom is 0.252 e.